The Balaban J connectivity index is 2.48. The van der Waals surface area contributed by atoms with Gasteiger partial charge < -0.3 is 10.0 Å². The van der Waals surface area contributed by atoms with Crippen molar-refractivity contribution in [2.75, 3.05) is 0 Å². The third-order valence-corrected chi connectivity index (χ3v) is 4.74. The molecule has 1 aromatic carbocycles. The van der Waals surface area contributed by atoms with Gasteiger partial charge in [0.2, 0.25) is 5.91 Å². The van der Waals surface area contributed by atoms with E-state index in [9.17, 15) is 14.7 Å². The number of likely N-dealkylation sites (tertiary alicyclic amines) is 1. The van der Waals surface area contributed by atoms with Crippen LogP contribution in [0.1, 0.15) is 31.9 Å². The van der Waals surface area contributed by atoms with Gasteiger partial charge in [-0.25, -0.2) is 0 Å². The van der Waals surface area contributed by atoms with Crippen LogP contribution in [0.5, 0.6) is 0 Å². The van der Waals surface area contributed by atoms with Gasteiger partial charge >= 0.3 is 5.97 Å². The smallest absolute Gasteiger partial charge is 0.309 e. The van der Waals surface area contributed by atoms with Crippen molar-refractivity contribution in [2.24, 2.45) is 5.92 Å². The fourth-order valence-corrected chi connectivity index (χ4v) is 3.19. The molecule has 1 heterocycles. The van der Waals surface area contributed by atoms with Crippen LogP contribution in [0.2, 0.25) is 5.02 Å². The highest BCUT2D eigenvalue weighted by Crippen LogP contribution is 2.41. The van der Waals surface area contributed by atoms with Gasteiger partial charge in [0.25, 0.3) is 0 Å². The van der Waals surface area contributed by atoms with Crippen LogP contribution in [-0.2, 0) is 9.59 Å². The molecule has 4 nitrogen and oxygen atoms in total. The molecular formula is C14H15BrClNO3. The summed E-state index contributed by atoms with van der Waals surface area (Å²) in [6.45, 7) is 3.78. The molecule has 1 fully saturated rings. The number of amides is 1. The van der Waals surface area contributed by atoms with Crippen molar-refractivity contribution in [1.82, 2.24) is 4.90 Å². The molecule has 0 aliphatic carbocycles. The zero-order valence-corrected chi connectivity index (χ0v) is 13.5. The molecule has 20 heavy (non-hydrogen) atoms. The first-order valence-corrected chi connectivity index (χ1v) is 7.49. The fraction of sp³-hybridized carbons (Fsp3) is 0.429. The third kappa shape index (κ3) is 2.69. The molecule has 0 radical (unpaired) electrons. The van der Waals surface area contributed by atoms with E-state index in [2.05, 4.69) is 15.9 Å². The number of carboxylic acids is 1. The summed E-state index contributed by atoms with van der Waals surface area (Å²) in [5, 5.41) is 9.93. The Bertz CT molecular complexity index is 561. The van der Waals surface area contributed by atoms with Crippen molar-refractivity contribution in [1.29, 1.82) is 0 Å². The minimum atomic E-state index is -0.947. The second-order valence-corrected chi connectivity index (χ2v) is 6.42. The van der Waals surface area contributed by atoms with Crippen molar-refractivity contribution < 1.29 is 14.7 Å². The molecule has 1 aliphatic rings. The number of benzene rings is 1. The Morgan fingerprint density at radius 3 is 2.65 bits per heavy atom. The number of aliphatic carboxylic acids is 1. The monoisotopic (exact) mass is 359 g/mol. The predicted molar refractivity (Wildman–Crippen MR) is 79.6 cm³/mol. The van der Waals surface area contributed by atoms with Crippen LogP contribution < -0.4 is 0 Å². The second-order valence-electron chi connectivity index (χ2n) is 5.16. The Kier molecular flexibility index (Phi) is 4.39. The van der Waals surface area contributed by atoms with E-state index in [0.29, 0.717) is 9.50 Å². The molecule has 1 aliphatic heterocycles. The number of rotatable bonds is 3. The molecular weight excluding hydrogens is 346 g/mol. The fourth-order valence-electron chi connectivity index (χ4n) is 2.67. The van der Waals surface area contributed by atoms with Crippen molar-refractivity contribution in [3.05, 3.63) is 33.3 Å². The lowest BCUT2D eigenvalue weighted by Crippen LogP contribution is -2.36. The number of carboxylic acid groups (broad SMARTS) is 1. The summed E-state index contributed by atoms with van der Waals surface area (Å²) in [6, 6.07) is 4.78. The Hall–Kier alpha value is -1.07. The van der Waals surface area contributed by atoms with E-state index in [1.807, 2.05) is 13.8 Å². The van der Waals surface area contributed by atoms with E-state index in [-0.39, 0.29) is 18.4 Å². The minimum absolute atomic E-state index is 0.0401. The van der Waals surface area contributed by atoms with Gasteiger partial charge in [0.15, 0.2) is 0 Å². The standard InChI is InChI=1S/C14H15BrClNO3/c1-7(2)17-12(18)6-9(14(19)20)13(17)8-3-4-11(16)10(15)5-8/h3-5,7,9,13H,6H2,1-2H3,(H,19,20). The molecule has 1 saturated heterocycles. The molecule has 108 valence electrons. The largest absolute Gasteiger partial charge is 0.481 e. The molecule has 1 aromatic rings. The average molecular weight is 361 g/mol. The number of carbonyl (C=O) groups excluding carboxylic acids is 1. The van der Waals surface area contributed by atoms with Crippen molar-refractivity contribution in [3.63, 3.8) is 0 Å². The summed E-state index contributed by atoms with van der Waals surface area (Å²) < 4.78 is 0.698. The SMILES string of the molecule is CC(C)N1C(=O)CC(C(=O)O)C1c1ccc(Cl)c(Br)c1. The average Bonchev–Trinajstić information content (AvgIpc) is 2.70. The van der Waals surface area contributed by atoms with E-state index in [1.165, 1.54) is 0 Å². The van der Waals surface area contributed by atoms with Gasteiger partial charge in [-0.05, 0) is 47.5 Å². The van der Waals surface area contributed by atoms with E-state index in [1.54, 1.807) is 23.1 Å². The summed E-state index contributed by atoms with van der Waals surface area (Å²) in [7, 11) is 0. The second kappa shape index (κ2) is 5.74. The first kappa shape index (κ1) is 15.3. The maximum Gasteiger partial charge on any atom is 0.309 e. The highest BCUT2D eigenvalue weighted by atomic mass is 79.9. The molecule has 2 atom stereocenters. The summed E-state index contributed by atoms with van der Waals surface area (Å²) in [5.41, 5.74) is 0.785. The van der Waals surface area contributed by atoms with Crippen molar-refractivity contribution in [3.8, 4) is 0 Å². The summed E-state index contributed by atoms with van der Waals surface area (Å²) >= 11 is 9.31. The third-order valence-electron chi connectivity index (χ3n) is 3.52. The topological polar surface area (TPSA) is 57.6 Å². The van der Waals surface area contributed by atoms with Crippen LogP contribution in [0.4, 0.5) is 0 Å². The van der Waals surface area contributed by atoms with Gasteiger partial charge in [0, 0.05) is 16.9 Å². The van der Waals surface area contributed by atoms with Crippen LogP contribution in [0, 0.1) is 5.92 Å². The molecule has 0 spiro atoms. The molecule has 2 unspecified atom stereocenters. The summed E-state index contributed by atoms with van der Waals surface area (Å²) in [5.74, 6) is -1.79. The molecule has 0 bridgehead atoms. The lowest BCUT2D eigenvalue weighted by atomic mass is 9.93. The first-order chi connectivity index (χ1) is 9.32. The lowest BCUT2D eigenvalue weighted by molar-refractivity contribution is -0.142. The zero-order chi connectivity index (χ0) is 15.0. The van der Waals surface area contributed by atoms with E-state index in [0.717, 1.165) is 5.56 Å². The van der Waals surface area contributed by atoms with Crippen LogP contribution in [0.25, 0.3) is 0 Å². The van der Waals surface area contributed by atoms with Crippen molar-refractivity contribution >= 4 is 39.4 Å². The van der Waals surface area contributed by atoms with Crippen molar-refractivity contribution in [2.45, 2.75) is 32.4 Å². The number of hydrogen-bond donors (Lipinski definition) is 1. The minimum Gasteiger partial charge on any atom is -0.481 e. The first-order valence-electron chi connectivity index (χ1n) is 6.32. The van der Waals surface area contributed by atoms with Crippen LogP contribution in [0.15, 0.2) is 22.7 Å². The van der Waals surface area contributed by atoms with E-state index in [4.69, 9.17) is 11.6 Å². The Morgan fingerprint density at radius 2 is 2.15 bits per heavy atom. The van der Waals surface area contributed by atoms with Crippen LogP contribution >= 0.6 is 27.5 Å². The zero-order valence-electron chi connectivity index (χ0n) is 11.1. The number of halogens is 2. The number of nitrogens with zero attached hydrogens (tertiary/aromatic N) is 1. The van der Waals surface area contributed by atoms with Gasteiger partial charge in [-0.3, -0.25) is 9.59 Å². The van der Waals surface area contributed by atoms with Crippen LogP contribution in [0.3, 0.4) is 0 Å². The van der Waals surface area contributed by atoms with E-state index >= 15 is 0 Å². The Morgan fingerprint density at radius 1 is 1.50 bits per heavy atom. The quantitative estimate of drug-likeness (QED) is 0.897. The van der Waals surface area contributed by atoms with E-state index < -0.39 is 17.9 Å². The van der Waals surface area contributed by atoms with Gasteiger partial charge in [-0.2, -0.15) is 0 Å². The summed E-state index contributed by atoms with van der Waals surface area (Å²) in [6.07, 6.45) is 0.0401. The van der Waals surface area contributed by atoms with Gasteiger partial charge in [0.05, 0.1) is 17.0 Å². The lowest BCUT2D eigenvalue weighted by Gasteiger charge is -2.30. The maximum atomic E-state index is 12.1. The predicted octanol–water partition coefficient (Wildman–Crippen LogP) is 3.49. The number of hydrogen-bond acceptors (Lipinski definition) is 2. The molecule has 2 rings (SSSR count). The normalized spacial score (nSPS) is 22.6. The maximum absolute atomic E-state index is 12.1. The summed E-state index contributed by atoms with van der Waals surface area (Å²) in [4.78, 5) is 25.2. The van der Waals surface area contributed by atoms with Gasteiger partial charge in [0.1, 0.15) is 0 Å². The Labute approximate surface area is 130 Å². The van der Waals surface area contributed by atoms with Gasteiger partial charge in [-0.1, -0.05) is 17.7 Å². The molecule has 0 aromatic heterocycles. The highest BCUT2D eigenvalue weighted by Gasteiger charge is 2.45. The molecule has 1 amide bonds. The molecule has 0 saturated carbocycles. The highest BCUT2D eigenvalue weighted by molar-refractivity contribution is 9.10. The number of carbonyl (C=O) groups is 2. The van der Waals surface area contributed by atoms with Crippen LogP contribution in [-0.4, -0.2) is 27.9 Å². The molecule has 6 heteroatoms. The van der Waals surface area contributed by atoms with Gasteiger partial charge in [-0.15, -0.1) is 0 Å². The molecule has 1 N–H and O–H groups in total.